The number of phenolic OH excluding ortho intramolecular Hbond substituents is 1. The van der Waals surface area contributed by atoms with E-state index in [1.165, 1.54) is 6.07 Å². The number of hydrogen-bond donors (Lipinski definition) is 1. The molecule has 0 unspecified atom stereocenters. The van der Waals surface area contributed by atoms with E-state index < -0.39 is 0 Å². The maximum atomic E-state index is 9.11. The van der Waals surface area contributed by atoms with Crippen molar-refractivity contribution >= 4 is 11.6 Å². The molecule has 0 atom stereocenters. The summed E-state index contributed by atoms with van der Waals surface area (Å²) >= 11 is 5.72. The summed E-state index contributed by atoms with van der Waals surface area (Å²) in [5.74, 6) is -0.0666. The summed E-state index contributed by atoms with van der Waals surface area (Å²) in [6.07, 6.45) is 0. The molecule has 0 radical (unpaired) electrons. The predicted molar refractivity (Wildman–Crippen MR) is 42.6 cm³/mol. The van der Waals surface area contributed by atoms with Gasteiger partial charge in [-0.1, -0.05) is 17.7 Å². The first-order valence-corrected chi connectivity index (χ1v) is 3.42. The largest absolute Gasteiger partial charge is 0.507 e. The third-order valence-electron chi connectivity index (χ3n) is 1.42. The summed E-state index contributed by atoms with van der Waals surface area (Å²) in [6.45, 7) is 1.78. The second-order valence-electron chi connectivity index (χ2n) is 2.20. The van der Waals surface area contributed by atoms with E-state index >= 15 is 0 Å². The molecule has 0 spiro atoms. The third-order valence-corrected chi connectivity index (χ3v) is 1.91. The molecule has 0 heterocycles. The molecule has 0 aliphatic carbocycles. The molecule has 56 valence electrons. The fourth-order valence-corrected chi connectivity index (χ4v) is 0.978. The Labute approximate surface area is 69.7 Å². The highest BCUT2D eigenvalue weighted by Gasteiger charge is 2.06. The van der Waals surface area contributed by atoms with E-state index in [2.05, 4.69) is 0 Å². The lowest BCUT2D eigenvalue weighted by atomic mass is 10.1. The van der Waals surface area contributed by atoms with Crippen LogP contribution in [0.3, 0.4) is 0 Å². The molecular weight excluding hydrogens is 162 g/mol. The van der Waals surface area contributed by atoms with Crippen LogP contribution in [0.2, 0.25) is 5.02 Å². The van der Waals surface area contributed by atoms with Crippen molar-refractivity contribution in [1.82, 2.24) is 0 Å². The highest BCUT2D eigenvalue weighted by Crippen LogP contribution is 2.27. The number of aromatic hydroxyl groups is 1. The van der Waals surface area contributed by atoms with Crippen LogP contribution in [0.4, 0.5) is 0 Å². The number of aryl methyl sites for hydroxylation is 1. The number of hydrogen-bond acceptors (Lipinski definition) is 2. The molecule has 0 aliphatic rings. The van der Waals surface area contributed by atoms with Gasteiger partial charge in [0.1, 0.15) is 17.4 Å². The fourth-order valence-electron chi connectivity index (χ4n) is 0.776. The van der Waals surface area contributed by atoms with E-state index in [0.29, 0.717) is 5.02 Å². The summed E-state index contributed by atoms with van der Waals surface area (Å²) < 4.78 is 0. The van der Waals surface area contributed by atoms with Gasteiger partial charge in [-0.3, -0.25) is 0 Å². The molecule has 11 heavy (non-hydrogen) atoms. The van der Waals surface area contributed by atoms with Gasteiger partial charge in [-0.05, 0) is 18.6 Å². The molecule has 1 N–H and O–H groups in total. The van der Waals surface area contributed by atoms with Crippen LogP contribution >= 0.6 is 11.6 Å². The summed E-state index contributed by atoms with van der Waals surface area (Å²) in [4.78, 5) is 0. The lowest BCUT2D eigenvalue weighted by Crippen LogP contribution is -1.82. The monoisotopic (exact) mass is 167 g/mol. The molecule has 0 saturated heterocycles. The first-order chi connectivity index (χ1) is 5.16. The van der Waals surface area contributed by atoms with E-state index in [-0.39, 0.29) is 11.3 Å². The summed E-state index contributed by atoms with van der Waals surface area (Å²) in [7, 11) is 0. The molecule has 0 amide bonds. The van der Waals surface area contributed by atoms with Crippen LogP contribution in [-0.4, -0.2) is 5.11 Å². The van der Waals surface area contributed by atoms with Crippen LogP contribution in [0.15, 0.2) is 12.1 Å². The van der Waals surface area contributed by atoms with Gasteiger partial charge in [-0.15, -0.1) is 0 Å². The molecule has 1 rings (SSSR count). The minimum absolute atomic E-state index is 0.0666. The average Bonchev–Trinajstić information content (AvgIpc) is 1.99. The molecular formula is C8H6ClNO. The third kappa shape index (κ3) is 1.28. The number of nitriles is 1. The zero-order valence-corrected chi connectivity index (χ0v) is 6.68. The van der Waals surface area contributed by atoms with Gasteiger partial charge >= 0.3 is 0 Å². The van der Waals surface area contributed by atoms with Crippen molar-refractivity contribution in [2.75, 3.05) is 0 Å². The molecule has 2 nitrogen and oxygen atoms in total. The molecule has 1 aromatic rings. The number of rotatable bonds is 0. The zero-order chi connectivity index (χ0) is 8.43. The Balaban J connectivity index is 3.44. The molecule has 0 fully saturated rings. The smallest absolute Gasteiger partial charge is 0.134 e. The van der Waals surface area contributed by atoms with Crippen molar-refractivity contribution in [3.05, 3.63) is 28.3 Å². The highest BCUT2D eigenvalue weighted by molar-refractivity contribution is 6.32. The summed E-state index contributed by atoms with van der Waals surface area (Å²) in [5, 5.41) is 18.0. The SMILES string of the molecule is Cc1ccc(O)c(C#N)c1Cl. The first kappa shape index (κ1) is 7.90. The minimum Gasteiger partial charge on any atom is -0.507 e. The van der Waals surface area contributed by atoms with Crippen LogP contribution in [0, 0.1) is 18.3 Å². The second-order valence-corrected chi connectivity index (χ2v) is 2.58. The lowest BCUT2D eigenvalue weighted by molar-refractivity contribution is 0.473. The molecule has 1 aromatic carbocycles. The van der Waals surface area contributed by atoms with Crippen molar-refractivity contribution < 1.29 is 5.11 Å². The zero-order valence-electron chi connectivity index (χ0n) is 5.93. The molecule has 0 bridgehead atoms. The lowest BCUT2D eigenvalue weighted by Gasteiger charge is -2.00. The van der Waals surface area contributed by atoms with Gasteiger partial charge in [0, 0.05) is 0 Å². The van der Waals surface area contributed by atoms with Crippen LogP contribution in [0.25, 0.3) is 0 Å². The van der Waals surface area contributed by atoms with E-state index in [9.17, 15) is 0 Å². The van der Waals surface area contributed by atoms with Gasteiger partial charge < -0.3 is 5.11 Å². The van der Waals surface area contributed by atoms with Gasteiger partial charge in [0.25, 0.3) is 0 Å². The normalized spacial score (nSPS) is 9.18. The minimum atomic E-state index is -0.0666. The van der Waals surface area contributed by atoms with Gasteiger partial charge in [0.05, 0.1) is 5.02 Å². The molecule has 0 aromatic heterocycles. The standard InChI is InChI=1S/C8H6ClNO/c1-5-2-3-7(11)6(4-10)8(5)9/h2-3,11H,1H3. The van der Waals surface area contributed by atoms with Crippen molar-refractivity contribution in [2.24, 2.45) is 0 Å². The van der Waals surface area contributed by atoms with Crippen LogP contribution in [-0.2, 0) is 0 Å². The number of benzene rings is 1. The van der Waals surface area contributed by atoms with Gasteiger partial charge in [0.15, 0.2) is 0 Å². The Hall–Kier alpha value is -1.20. The second kappa shape index (κ2) is 2.81. The molecule has 0 saturated carbocycles. The molecule has 0 aliphatic heterocycles. The maximum absolute atomic E-state index is 9.11. The number of phenols is 1. The maximum Gasteiger partial charge on any atom is 0.134 e. The van der Waals surface area contributed by atoms with Crippen molar-refractivity contribution in [1.29, 1.82) is 5.26 Å². The average molecular weight is 168 g/mol. The Morgan fingerprint density at radius 3 is 2.64 bits per heavy atom. The Morgan fingerprint density at radius 2 is 2.18 bits per heavy atom. The number of nitrogens with zero attached hydrogens (tertiary/aromatic N) is 1. The summed E-state index contributed by atoms with van der Waals surface area (Å²) in [6, 6.07) is 4.95. The van der Waals surface area contributed by atoms with E-state index in [4.69, 9.17) is 22.0 Å². The topological polar surface area (TPSA) is 44.0 Å². The fraction of sp³-hybridized carbons (Fsp3) is 0.125. The van der Waals surface area contributed by atoms with Crippen LogP contribution in [0.1, 0.15) is 11.1 Å². The van der Waals surface area contributed by atoms with E-state index in [1.54, 1.807) is 13.0 Å². The van der Waals surface area contributed by atoms with E-state index in [0.717, 1.165) is 5.56 Å². The van der Waals surface area contributed by atoms with Crippen molar-refractivity contribution in [3.8, 4) is 11.8 Å². The van der Waals surface area contributed by atoms with Crippen molar-refractivity contribution in [3.63, 3.8) is 0 Å². The number of halogens is 1. The van der Waals surface area contributed by atoms with Gasteiger partial charge in [0.2, 0.25) is 0 Å². The predicted octanol–water partition coefficient (Wildman–Crippen LogP) is 2.23. The summed E-state index contributed by atoms with van der Waals surface area (Å²) in [5.41, 5.74) is 0.938. The highest BCUT2D eigenvalue weighted by atomic mass is 35.5. The van der Waals surface area contributed by atoms with Crippen LogP contribution in [0.5, 0.6) is 5.75 Å². The Morgan fingerprint density at radius 1 is 1.55 bits per heavy atom. The quantitative estimate of drug-likeness (QED) is 0.644. The first-order valence-electron chi connectivity index (χ1n) is 3.05. The van der Waals surface area contributed by atoms with Crippen LogP contribution < -0.4 is 0 Å². The van der Waals surface area contributed by atoms with Gasteiger partial charge in [-0.25, -0.2) is 0 Å². The van der Waals surface area contributed by atoms with E-state index in [1.807, 2.05) is 6.07 Å². The van der Waals surface area contributed by atoms with Gasteiger partial charge in [-0.2, -0.15) is 5.26 Å². The molecule has 3 heteroatoms. The van der Waals surface area contributed by atoms with Crippen molar-refractivity contribution in [2.45, 2.75) is 6.92 Å². The Kier molecular flexibility index (Phi) is 2.02. The Bertz CT molecular complexity index is 328.